The minimum absolute atomic E-state index is 0.856. The van der Waals surface area contributed by atoms with Crippen LogP contribution in [0.15, 0.2) is 17.8 Å². The Morgan fingerprint density at radius 1 is 1.57 bits per heavy atom. The molecule has 0 amide bonds. The summed E-state index contributed by atoms with van der Waals surface area (Å²) in [6.07, 6.45) is 2.75. The van der Waals surface area contributed by atoms with Crippen LogP contribution >= 0.6 is 11.3 Å². The van der Waals surface area contributed by atoms with Crippen LogP contribution in [-0.2, 0) is 13.5 Å². The molecule has 0 aliphatic carbocycles. The Morgan fingerprint density at radius 3 is 3.14 bits per heavy atom. The van der Waals surface area contributed by atoms with E-state index in [9.17, 15) is 0 Å². The van der Waals surface area contributed by atoms with Crippen molar-refractivity contribution < 1.29 is 0 Å². The second-order valence-corrected chi connectivity index (χ2v) is 3.70. The molecule has 74 valence electrons. The topological polar surface area (TPSA) is 55.6 Å². The van der Waals surface area contributed by atoms with Gasteiger partial charge in [-0.1, -0.05) is 11.3 Å². The molecule has 0 unspecified atom stereocenters. The minimum atomic E-state index is 0.856. The lowest BCUT2D eigenvalue weighted by Gasteiger charge is -2.02. The highest BCUT2D eigenvalue weighted by atomic mass is 32.1. The predicted octanol–water partition coefficient (Wildman–Crippen LogP) is 0.926. The summed E-state index contributed by atoms with van der Waals surface area (Å²) in [6, 6.07) is 2.02. The smallest absolute Gasteiger partial charge is 0.205 e. The maximum Gasteiger partial charge on any atom is 0.205 e. The molecule has 0 spiro atoms. The molecule has 0 saturated heterocycles. The van der Waals surface area contributed by atoms with E-state index in [2.05, 4.69) is 20.6 Å². The van der Waals surface area contributed by atoms with Gasteiger partial charge >= 0.3 is 0 Å². The van der Waals surface area contributed by atoms with Crippen LogP contribution in [0.3, 0.4) is 0 Å². The van der Waals surface area contributed by atoms with Gasteiger partial charge in [0.2, 0.25) is 5.13 Å². The van der Waals surface area contributed by atoms with Crippen molar-refractivity contribution in [1.29, 1.82) is 0 Å². The number of aryl methyl sites for hydroxylation is 1. The van der Waals surface area contributed by atoms with Crippen LogP contribution in [0, 0.1) is 0 Å². The lowest BCUT2D eigenvalue weighted by molar-refractivity contribution is 0.711. The summed E-state index contributed by atoms with van der Waals surface area (Å²) in [4.78, 5) is 0. The van der Waals surface area contributed by atoms with Gasteiger partial charge in [-0.05, 0) is 6.07 Å². The molecule has 0 bridgehead atoms. The molecule has 2 aromatic rings. The van der Waals surface area contributed by atoms with Gasteiger partial charge in [0, 0.05) is 31.9 Å². The number of nitrogens with one attached hydrogen (secondary N) is 1. The first-order valence-electron chi connectivity index (χ1n) is 4.33. The second-order valence-electron chi connectivity index (χ2n) is 2.87. The Hall–Kier alpha value is -1.43. The van der Waals surface area contributed by atoms with Crippen molar-refractivity contribution in [3.8, 4) is 0 Å². The van der Waals surface area contributed by atoms with Crippen LogP contribution in [0.2, 0.25) is 0 Å². The molecular formula is C8H11N5S. The van der Waals surface area contributed by atoms with E-state index in [-0.39, 0.29) is 0 Å². The van der Waals surface area contributed by atoms with Crippen LogP contribution in [0.4, 0.5) is 5.13 Å². The maximum absolute atomic E-state index is 4.10. The highest BCUT2D eigenvalue weighted by Crippen LogP contribution is 2.07. The van der Waals surface area contributed by atoms with Crippen molar-refractivity contribution >= 4 is 16.5 Å². The molecule has 0 atom stereocenters. The zero-order valence-corrected chi connectivity index (χ0v) is 8.66. The first-order valence-corrected chi connectivity index (χ1v) is 5.21. The van der Waals surface area contributed by atoms with Crippen LogP contribution in [0.25, 0.3) is 0 Å². The van der Waals surface area contributed by atoms with Gasteiger partial charge in [0.25, 0.3) is 0 Å². The summed E-state index contributed by atoms with van der Waals surface area (Å²) in [5, 5.41) is 15.8. The Labute approximate surface area is 85.8 Å². The van der Waals surface area contributed by atoms with Crippen LogP contribution in [-0.4, -0.2) is 26.5 Å². The third-order valence-corrected chi connectivity index (χ3v) is 2.59. The number of aromatic nitrogens is 4. The molecule has 0 saturated carbocycles. The molecule has 2 rings (SSSR count). The fourth-order valence-corrected chi connectivity index (χ4v) is 1.67. The zero-order valence-electron chi connectivity index (χ0n) is 7.84. The van der Waals surface area contributed by atoms with Crippen molar-refractivity contribution in [2.75, 3.05) is 11.9 Å². The van der Waals surface area contributed by atoms with E-state index in [0.29, 0.717) is 0 Å². The summed E-state index contributed by atoms with van der Waals surface area (Å²) in [6.45, 7) is 0.856. The van der Waals surface area contributed by atoms with E-state index in [1.165, 1.54) is 17.0 Å². The molecule has 0 aliphatic rings. The van der Waals surface area contributed by atoms with Gasteiger partial charge in [0.15, 0.2) is 0 Å². The summed E-state index contributed by atoms with van der Waals surface area (Å²) >= 11 is 1.51. The monoisotopic (exact) mass is 209 g/mol. The molecule has 0 aliphatic heterocycles. The number of nitrogens with zero attached hydrogens (tertiary/aromatic N) is 4. The van der Waals surface area contributed by atoms with Gasteiger partial charge in [-0.15, -0.1) is 10.2 Å². The molecule has 6 heteroatoms. The van der Waals surface area contributed by atoms with Crippen molar-refractivity contribution in [3.63, 3.8) is 0 Å². The van der Waals surface area contributed by atoms with Crippen molar-refractivity contribution in [2.24, 2.45) is 7.05 Å². The SMILES string of the molecule is Cn1nccc1CCNc1nncs1. The fourth-order valence-electron chi connectivity index (χ4n) is 1.19. The quantitative estimate of drug-likeness (QED) is 0.813. The zero-order chi connectivity index (χ0) is 9.80. The van der Waals surface area contributed by atoms with E-state index in [1.807, 2.05) is 17.8 Å². The normalized spacial score (nSPS) is 10.4. The molecule has 0 aromatic carbocycles. The summed E-state index contributed by atoms with van der Waals surface area (Å²) in [5.41, 5.74) is 2.92. The molecule has 2 heterocycles. The number of anilines is 1. The van der Waals surface area contributed by atoms with Gasteiger partial charge < -0.3 is 5.32 Å². The van der Waals surface area contributed by atoms with Gasteiger partial charge in [0.1, 0.15) is 5.51 Å². The van der Waals surface area contributed by atoms with Crippen molar-refractivity contribution in [2.45, 2.75) is 6.42 Å². The standard InChI is InChI=1S/C8H11N5S/c1-13-7(3-5-11-13)2-4-9-8-12-10-6-14-8/h3,5-6H,2,4H2,1H3,(H,9,12). The van der Waals surface area contributed by atoms with Crippen molar-refractivity contribution in [1.82, 2.24) is 20.0 Å². The first-order chi connectivity index (χ1) is 6.86. The number of rotatable bonds is 4. The van der Waals surface area contributed by atoms with E-state index < -0.39 is 0 Å². The highest BCUT2D eigenvalue weighted by molar-refractivity contribution is 7.13. The van der Waals surface area contributed by atoms with Gasteiger partial charge in [-0.25, -0.2) is 0 Å². The predicted molar refractivity (Wildman–Crippen MR) is 55.3 cm³/mol. The number of hydrogen-bond donors (Lipinski definition) is 1. The third kappa shape index (κ3) is 2.08. The first kappa shape index (κ1) is 9.14. The van der Waals surface area contributed by atoms with E-state index >= 15 is 0 Å². The third-order valence-electron chi connectivity index (χ3n) is 1.94. The van der Waals surface area contributed by atoms with E-state index in [4.69, 9.17) is 0 Å². The van der Waals surface area contributed by atoms with Crippen LogP contribution in [0.1, 0.15) is 5.69 Å². The molecule has 14 heavy (non-hydrogen) atoms. The summed E-state index contributed by atoms with van der Waals surface area (Å²) < 4.78 is 1.88. The molecular weight excluding hydrogens is 198 g/mol. The Bertz CT molecular complexity index is 380. The minimum Gasteiger partial charge on any atom is -0.360 e. The molecule has 0 radical (unpaired) electrons. The maximum atomic E-state index is 4.10. The molecule has 1 N–H and O–H groups in total. The molecule has 0 fully saturated rings. The van der Waals surface area contributed by atoms with Crippen molar-refractivity contribution in [3.05, 3.63) is 23.5 Å². The Balaban J connectivity index is 1.81. The molecule has 5 nitrogen and oxygen atoms in total. The van der Waals surface area contributed by atoms with E-state index in [1.54, 1.807) is 11.7 Å². The summed E-state index contributed by atoms with van der Waals surface area (Å²) in [7, 11) is 1.94. The van der Waals surface area contributed by atoms with Gasteiger partial charge in [-0.2, -0.15) is 5.10 Å². The highest BCUT2D eigenvalue weighted by Gasteiger charge is 1.99. The Morgan fingerprint density at radius 2 is 2.50 bits per heavy atom. The summed E-state index contributed by atoms with van der Waals surface area (Å²) in [5.74, 6) is 0. The van der Waals surface area contributed by atoms with Crippen LogP contribution < -0.4 is 5.32 Å². The number of hydrogen-bond acceptors (Lipinski definition) is 5. The Kier molecular flexibility index (Phi) is 2.73. The average Bonchev–Trinajstić information content (AvgIpc) is 2.78. The second kappa shape index (κ2) is 4.19. The lowest BCUT2D eigenvalue weighted by atomic mass is 10.3. The fraction of sp³-hybridized carbons (Fsp3) is 0.375. The average molecular weight is 209 g/mol. The lowest BCUT2D eigenvalue weighted by Crippen LogP contribution is -2.08. The van der Waals surface area contributed by atoms with Crippen LogP contribution in [0.5, 0.6) is 0 Å². The van der Waals surface area contributed by atoms with Gasteiger partial charge in [0.05, 0.1) is 0 Å². The van der Waals surface area contributed by atoms with E-state index in [0.717, 1.165) is 18.1 Å². The van der Waals surface area contributed by atoms with Gasteiger partial charge in [-0.3, -0.25) is 4.68 Å². The molecule has 2 aromatic heterocycles. The largest absolute Gasteiger partial charge is 0.360 e.